The highest BCUT2D eigenvalue weighted by Crippen LogP contribution is 2.41. The summed E-state index contributed by atoms with van der Waals surface area (Å²) in [5.74, 6) is 2.30. The first-order valence-electron chi connectivity index (χ1n) is 26.3. The molecule has 0 aliphatic rings. The van der Waals surface area contributed by atoms with Crippen LogP contribution in [0.15, 0.2) is 249 Å². The molecule has 7 heteroatoms. The van der Waals surface area contributed by atoms with Crippen molar-refractivity contribution in [3.8, 4) is 51.2 Å². The molecule has 0 atom stereocenters. The second-order valence-electron chi connectivity index (χ2n) is 21.0. The van der Waals surface area contributed by atoms with Crippen molar-refractivity contribution < 1.29 is 9.30 Å². The Kier molecular flexibility index (Phi) is 10.00. The first-order chi connectivity index (χ1) is 37.8. The minimum atomic E-state index is -0.0670. The Morgan fingerprint density at radius 3 is 1.69 bits per heavy atom. The molecule has 0 saturated carbocycles. The summed E-state index contributed by atoms with van der Waals surface area (Å²) >= 11 is 0. The van der Waals surface area contributed by atoms with Gasteiger partial charge in [-0.1, -0.05) is 148 Å². The molecule has 5 aromatic heterocycles. The van der Waals surface area contributed by atoms with Crippen LogP contribution in [0.3, 0.4) is 0 Å². The lowest BCUT2D eigenvalue weighted by molar-refractivity contribution is -0.571. The summed E-state index contributed by atoms with van der Waals surface area (Å²) < 4.78 is 18.3. The van der Waals surface area contributed by atoms with Gasteiger partial charge in [0, 0.05) is 56.0 Å². The summed E-state index contributed by atoms with van der Waals surface area (Å²) in [5, 5.41) is 7.11. The number of nitrogens with zero attached hydrogens (tertiary/aromatic N) is 6. The SMILES string of the molecule is CC(C)(C)c1ccnc(-n2c3ccc(-c4ccc5c(c4)c4ccccc4n5-c4ccccc4)cc3c3ccc(Oc4cccc(-n5[c-][n+](-c6cccc7c8ccccc8n(-c8ccccc8)c67)c6ccccc65)c4)cc32)c1. The lowest BCUT2D eigenvalue weighted by atomic mass is 9.88. The number of aromatic nitrogens is 6. The molecule has 0 N–H and O–H groups in total. The number of ether oxygens (including phenoxy) is 1. The van der Waals surface area contributed by atoms with Gasteiger partial charge in [0.25, 0.3) is 6.33 Å². The van der Waals surface area contributed by atoms with E-state index in [1.807, 2.05) is 12.3 Å². The summed E-state index contributed by atoms with van der Waals surface area (Å²) in [4.78, 5) is 5.03. The number of hydrogen-bond acceptors (Lipinski definition) is 2. The molecule has 0 bridgehead atoms. The molecular formula is C70H50N6O. The summed E-state index contributed by atoms with van der Waals surface area (Å²) in [5.41, 5.74) is 16.5. The molecule has 15 rings (SSSR count). The molecule has 10 aromatic carbocycles. The van der Waals surface area contributed by atoms with Gasteiger partial charge < -0.3 is 13.9 Å². The van der Waals surface area contributed by atoms with Crippen molar-refractivity contribution in [2.75, 3.05) is 0 Å². The predicted octanol–water partition coefficient (Wildman–Crippen LogP) is 17.2. The summed E-state index contributed by atoms with van der Waals surface area (Å²) in [6.45, 7) is 6.75. The highest BCUT2D eigenvalue weighted by atomic mass is 16.5. The van der Waals surface area contributed by atoms with Crippen molar-refractivity contribution in [2.45, 2.75) is 26.2 Å². The number of fused-ring (bicyclic) bond motifs is 10. The van der Waals surface area contributed by atoms with Gasteiger partial charge >= 0.3 is 0 Å². The van der Waals surface area contributed by atoms with E-state index in [0.717, 1.165) is 89.3 Å². The molecule has 0 unspecified atom stereocenters. The molecule has 0 radical (unpaired) electrons. The quantitative estimate of drug-likeness (QED) is 0.112. The minimum absolute atomic E-state index is 0.0670. The molecule has 5 heterocycles. The summed E-state index contributed by atoms with van der Waals surface area (Å²) in [6.07, 6.45) is 5.74. The topological polar surface area (TPSA) is 45.7 Å². The summed E-state index contributed by atoms with van der Waals surface area (Å²) in [6, 6.07) is 86.6. The van der Waals surface area contributed by atoms with Crippen LogP contribution in [0.5, 0.6) is 11.5 Å². The summed E-state index contributed by atoms with van der Waals surface area (Å²) in [7, 11) is 0. The molecule has 0 fully saturated rings. The van der Waals surface area contributed by atoms with Crippen molar-refractivity contribution in [1.29, 1.82) is 0 Å². The van der Waals surface area contributed by atoms with Crippen LogP contribution >= 0.6 is 0 Å². The monoisotopic (exact) mass is 990 g/mol. The first-order valence-corrected chi connectivity index (χ1v) is 26.3. The van der Waals surface area contributed by atoms with Gasteiger partial charge in [-0.2, -0.15) is 0 Å². The molecule has 7 nitrogen and oxygen atoms in total. The van der Waals surface area contributed by atoms with Gasteiger partial charge in [0.2, 0.25) is 0 Å². The average molecular weight is 991 g/mol. The highest BCUT2D eigenvalue weighted by Gasteiger charge is 2.22. The molecule has 77 heavy (non-hydrogen) atoms. The molecule has 0 aliphatic heterocycles. The maximum absolute atomic E-state index is 6.90. The maximum atomic E-state index is 6.90. The van der Waals surface area contributed by atoms with Gasteiger partial charge in [0.1, 0.15) is 17.3 Å². The van der Waals surface area contributed by atoms with E-state index in [4.69, 9.17) is 9.72 Å². The zero-order chi connectivity index (χ0) is 51.4. The Morgan fingerprint density at radius 2 is 0.961 bits per heavy atom. The Bertz CT molecular complexity index is 4820. The molecule has 0 aliphatic carbocycles. The van der Waals surface area contributed by atoms with Crippen molar-refractivity contribution in [1.82, 2.24) is 23.3 Å². The van der Waals surface area contributed by atoms with E-state index in [2.05, 4.69) is 287 Å². The zero-order valence-corrected chi connectivity index (χ0v) is 42.8. The Hall–Kier alpha value is -9.98. The maximum Gasteiger partial charge on any atom is 0.269 e. The molecule has 366 valence electrons. The van der Waals surface area contributed by atoms with Gasteiger partial charge in [-0.05, 0) is 131 Å². The van der Waals surface area contributed by atoms with Crippen LogP contribution in [0.1, 0.15) is 26.3 Å². The number of imidazole rings is 1. The molecule has 0 saturated heterocycles. The normalized spacial score (nSPS) is 12.1. The Morgan fingerprint density at radius 1 is 0.403 bits per heavy atom. The number of rotatable bonds is 8. The van der Waals surface area contributed by atoms with Crippen LogP contribution in [0.2, 0.25) is 0 Å². The fourth-order valence-electron chi connectivity index (χ4n) is 11.8. The third-order valence-electron chi connectivity index (χ3n) is 15.4. The van der Waals surface area contributed by atoms with Crippen molar-refractivity contribution >= 4 is 76.5 Å². The number of para-hydroxylation sites is 7. The van der Waals surface area contributed by atoms with Crippen molar-refractivity contribution in [3.63, 3.8) is 0 Å². The fourth-order valence-corrected chi connectivity index (χ4v) is 11.8. The fraction of sp³-hybridized carbons (Fsp3) is 0.0571. The van der Waals surface area contributed by atoms with Crippen LogP contribution in [-0.2, 0) is 5.41 Å². The standard InChI is InChI=1S/C70H50N6O/c1-70(2,3)48-38-39-71-68(42-48)76-63-37-33-47(46-32-36-62-58(40-46)55-25-11-12-27-60(55)74(62)49-18-6-4-7-19-49)41-59(63)56-35-34-53(44-67(56)76)77-52-23-16-22-51(43-52)72-45-73(65-30-15-14-29-64(65)72)66-31-17-26-57-54-24-10-13-28-61(54)75(69(57)66)50-20-8-5-9-21-50/h4-44H,1-3H3. The molecular weight excluding hydrogens is 941 g/mol. The lowest BCUT2D eigenvalue weighted by Crippen LogP contribution is -2.30. The number of benzene rings is 10. The second kappa shape index (κ2) is 17.3. The van der Waals surface area contributed by atoms with E-state index in [0.29, 0.717) is 5.75 Å². The Balaban J connectivity index is 0.840. The van der Waals surface area contributed by atoms with Gasteiger partial charge in [-0.3, -0.25) is 13.7 Å². The van der Waals surface area contributed by atoms with Gasteiger partial charge in [-0.15, -0.1) is 0 Å². The number of pyridine rings is 1. The van der Waals surface area contributed by atoms with Crippen LogP contribution in [0, 0.1) is 6.33 Å². The van der Waals surface area contributed by atoms with Gasteiger partial charge in [-0.25, -0.2) is 4.98 Å². The van der Waals surface area contributed by atoms with E-state index < -0.39 is 0 Å². The van der Waals surface area contributed by atoms with Crippen molar-refractivity contribution in [3.05, 3.63) is 261 Å². The smallest absolute Gasteiger partial charge is 0.269 e. The average Bonchev–Trinajstić information content (AvgIpc) is 4.37. The largest absolute Gasteiger partial charge is 0.458 e. The molecule has 0 spiro atoms. The van der Waals surface area contributed by atoms with E-state index in [9.17, 15) is 0 Å². The third kappa shape index (κ3) is 7.19. The van der Waals surface area contributed by atoms with Crippen molar-refractivity contribution in [2.24, 2.45) is 0 Å². The van der Waals surface area contributed by atoms with E-state index in [1.165, 1.54) is 38.1 Å². The molecule has 0 amide bonds. The van der Waals surface area contributed by atoms with E-state index in [-0.39, 0.29) is 5.41 Å². The van der Waals surface area contributed by atoms with Crippen LogP contribution in [0.4, 0.5) is 0 Å². The number of hydrogen-bond donors (Lipinski definition) is 0. The van der Waals surface area contributed by atoms with E-state index in [1.54, 1.807) is 0 Å². The van der Waals surface area contributed by atoms with Crippen LogP contribution in [-0.4, -0.2) is 23.3 Å². The predicted molar refractivity (Wildman–Crippen MR) is 315 cm³/mol. The Labute approximate surface area is 445 Å². The first kappa shape index (κ1) is 44.5. The third-order valence-corrected chi connectivity index (χ3v) is 15.4. The van der Waals surface area contributed by atoms with E-state index >= 15 is 0 Å². The van der Waals surface area contributed by atoms with Gasteiger partial charge in [0.15, 0.2) is 0 Å². The van der Waals surface area contributed by atoms with Crippen LogP contribution < -0.4 is 9.30 Å². The minimum Gasteiger partial charge on any atom is -0.458 e. The zero-order valence-electron chi connectivity index (χ0n) is 42.8. The highest BCUT2D eigenvalue weighted by molar-refractivity contribution is 6.14. The molecule has 15 aromatic rings. The van der Waals surface area contributed by atoms with Gasteiger partial charge in [0.05, 0.1) is 55.5 Å². The van der Waals surface area contributed by atoms with Crippen LogP contribution in [0.25, 0.3) is 116 Å². The second-order valence-corrected chi connectivity index (χ2v) is 21.0. The lowest BCUT2D eigenvalue weighted by Gasteiger charge is -2.20.